The Hall–Kier alpha value is -3.16. The molecule has 6 nitrogen and oxygen atoms in total. The first-order valence-corrected chi connectivity index (χ1v) is 12.5. The van der Waals surface area contributed by atoms with E-state index < -0.39 is 22.0 Å². The molecule has 7 heteroatoms. The number of carbonyl (C=O) groups is 1. The van der Waals surface area contributed by atoms with Gasteiger partial charge in [0.25, 0.3) is 5.91 Å². The van der Waals surface area contributed by atoms with Crippen LogP contribution >= 0.6 is 0 Å². The third-order valence-electron chi connectivity index (χ3n) is 5.91. The third kappa shape index (κ3) is 5.10. The van der Waals surface area contributed by atoms with Crippen molar-refractivity contribution in [2.75, 3.05) is 20.2 Å². The molecule has 4 rings (SSSR count). The van der Waals surface area contributed by atoms with Gasteiger partial charge in [-0.15, -0.1) is 0 Å². The summed E-state index contributed by atoms with van der Waals surface area (Å²) in [7, 11) is -2.21. The number of hydrogen-bond donors (Lipinski definition) is 1. The lowest BCUT2D eigenvalue weighted by molar-refractivity contribution is 0.0939. The quantitative estimate of drug-likeness (QED) is 0.563. The Labute approximate surface area is 195 Å². The molecule has 1 amide bonds. The number of amides is 1. The van der Waals surface area contributed by atoms with Crippen LogP contribution in [0.5, 0.6) is 5.75 Å². The number of rotatable bonds is 7. The molecular weight excluding hydrogens is 436 g/mol. The molecule has 0 aromatic heterocycles. The molecule has 1 fully saturated rings. The highest BCUT2D eigenvalue weighted by molar-refractivity contribution is 7.89. The highest BCUT2D eigenvalue weighted by atomic mass is 32.2. The van der Waals surface area contributed by atoms with E-state index in [9.17, 15) is 13.2 Å². The molecule has 1 aliphatic rings. The van der Waals surface area contributed by atoms with E-state index in [1.54, 1.807) is 6.07 Å². The largest absolute Gasteiger partial charge is 0.496 e. The topological polar surface area (TPSA) is 75.7 Å². The predicted octanol–water partition coefficient (Wildman–Crippen LogP) is 4.39. The van der Waals surface area contributed by atoms with Gasteiger partial charge in [-0.25, -0.2) is 8.42 Å². The molecule has 33 heavy (non-hydrogen) atoms. The second-order valence-electron chi connectivity index (χ2n) is 8.05. The molecule has 1 N–H and O–H groups in total. The van der Waals surface area contributed by atoms with Crippen molar-refractivity contribution < 1.29 is 17.9 Å². The van der Waals surface area contributed by atoms with Crippen LogP contribution in [0.15, 0.2) is 83.8 Å². The standard InChI is InChI=1S/C26H28N2O4S/c1-32-24-16-15-22(33(30,31)28-17-9-4-10-18-28)19-23(24)26(29)27-25(20-11-5-2-6-12-20)21-13-7-3-8-14-21/h2-3,5-8,11-16,19,25H,4,9-10,17-18H2,1H3,(H,27,29). The first-order chi connectivity index (χ1) is 16.0. The van der Waals surface area contributed by atoms with E-state index in [-0.39, 0.29) is 10.5 Å². The molecule has 0 bridgehead atoms. The first-order valence-electron chi connectivity index (χ1n) is 11.1. The third-order valence-corrected chi connectivity index (χ3v) is 7.80. The monoisotopic (exact) mass is 464 g/mol. The Bertz CT molecular complexity index is 1150. The zero-order valence-corrected chi connectivity index (χ0v) is 19.4. The minimum Gasteiger partial charge on any atom is -0.496 e. The van der Waals surface area contributed by atoms with Crippen molar-refractivity contribution in [1.29, 1.82) is 0 Å². The van der Waals surface area contributed by atoms with Crippen LogP contribution in [0, 0.1) is 0 Å². The Kier molecular flexibility index (Phi) is 7.11. The summed E-state index contributed by atoms with van der Waals surface area (Å²) in [6.07, 6.45) is 2.72. The predicted molar refractivity (Wildman–Crippen MR) is 128 cm³/mol. The minimum atomic E-state index is -3.68. The fraction of sp³-hybridized carbons (Fsp3) is 0.269. The van der Waals surface area contributed by atoms with Crippen LogP contribution in [0.25, 0.3) is 0 Å². The number of hydrogen-bond acceptors (Lipinski definition) is 4. The summed E-state index contributed by atoms with van der Waals surface area (Å²) in [5.41, 5.74) is 2.04. The summed E-state index contributed by atoms with van der Waals surface area (Å²) in [6, 6.07) is 23.4. The SMILES string of the molecule is COc1ccc(S(=O)(=O)N2CCCCC2)cc1C(=O)NC(c1ccccc1)c1ccccc1. The fourth-order valence-electron chi connectivity index (χ4n) is 4.14. The molecule has 0 aliphatic carbocycles. The number of nitrogens with zero attached hydrogens (tertiary/aromatic N) is 1. The van der Waals surface area contributed by atoms with Crippen LogP contribution in [-0.4, -0.2) is 38.8 Å². The number of piperidine rings is 1. The average Bonchev–Trinajstić information content (AvgIpc) is 2.88. The van der Waals surface area contributed by atoms with Crippen molar-refractivity contribution in [2.45, 2.75) is 30.2 Å². The van der Waals surface area contributed by atoms with Crippen molar-refractivity contribution in [3.05, 3.63) is 95.6 Å². The molecule has 0 saturated carbocycles. The van der Waals surface area contributed by atoms with Crippen LogP contribution < -0.4 is 10.1 Å². The van der Waals surface area contributed by atoms with E-state index in [1.807, 2.05) is 60.7 Å². The van der Waals surface area contributed by atoms with Gasteiger partial charge < -0.3 is 10.1 Å². The molecule has 3 aromatic carbocycles. The maximum Gasteiger partial charge on any atom is 0.255 e. The molecule has 3 aromatic rings. The fourth-order valence-corrected chi connectivity index (χ4v) is 5.68. The molecule has 1 heterocycles. The van der Waals surface area contributed by atoms with Gasteiger partial charge in [0.2, 0.25) is 10.0 Å². The highest BCUT2D eigenvalue weighted by Crippen LogP contribution is 2.28. The van der Waals surface area contributed by atoms with E-state index in [2.05, 4.69) is 5.32 Å². The molecule has 0 atom stereocenters. The highest BCUT2D eigenvalue weighted by Gasteiger charge is 2.28. The zero-order chi connectivity index (χ0) is 23.3. The van der Waals surface area contributed by atoms with Crippen LogP contribution in [0.4, 0.5) is 0 Å². The van der Waals surface area contributed by atoms with Gasteiger partial charge in [0.15, 0.2) is 0 Å². The normalized spacial score (nSPS) is 14.7. The molecule has 1 saturated heterocycles. The number of benzene rings is 3. The van der Waals surface area contributed by atoms with E-state index in [4.69, 9.17) is 4.74 Å². The number of sulfonamides is 1. The van der Waals surface area contributed by atoms with Crippen molar-refractivity contribution >= 4 is 15.9 Å². The van der Waals surface area contributed by atoms with Gasteiger partial charge in [0.05, 0.1) is 23.6 Å². The smallest absolute Gasteiger partial charge is 0.255 e. The summed E-state index contributed by atoms with van der Waals surface area (Å²) >= 11 is 0. The van der Waals surface area contributed by atoms with E-state index in [0.717, 1.165) is 30.4 Å². The lowest BCUT2D eigenvalue weighted by Gasteiger charge is -2.26. The lowest BCUT2D eigenvalue weighted by Crippen LogP contribution is -2.36. The molecule has 0 unspecified atom stereocenters. The Balaban J connectivity index is 1.68. The van der Waals surface area contributed by atoms with Crippen LogP contribution in [0.3, 0.4) is 0 Å². The second kappa shape index (κ2) is 10.2. The van der Waals surface area contributed by atoms with Crippen molar-refractivity contribution in [2.24, 2.45) is 0 Å². The van der Waals surface area contributed by atoms with E-state index in [1.165, 1.54) is 23.5 Å². The Morgan fingerprint density at radius 1 is 0.879 bits per heavy atom. The number of nitrogens with one attached hydrogen (secondary N) is 1. The maximum atomic E-state index is 13.4. The van der Waals surface area contributed by atoms with Crippen molar-refractivity contribution in [3.8, 4) is 5.75 Å². The van der Waals surface area contributed by atoms with Crippen molar-refractivity contribution in [3.63, 3.8) is 0 Å². The van der Waals surface area contributed by atoms with Crippen LogP contribution in [0.1, 0.15) is 46.8 Å². The van der Waals surface area contributed by atoms with Gasteiger partial charge in [-0.05, 0) is 42.2 Å². The summed E-state index contributed by atoms with van der Waals surface area (Å²) in [6.45, 7) is 1.000. The van der Waals surface area contributed by atoms with E-state index in [0.29, 0.717) is 18.8 Å². The maximum absolute atomic E-state index is 13.4. The van der Waals surface area contributed by atoms with Gasteiger partial charge in [-0.1, -0.05) is 67.1 Å². The first kappa shape index (κ1) is 23.0. The summed E-state index contributed by atoms with van der Waals surface area (Å²) < 4.78 is 33.3. The van der Waals surface area contributed by atoms with Gasteiger partial charge in [0.1, 0.15) is 5.75 Å². The molecule has 1 aliphatic heterocycles. The molecule has 0 radical (unpaired) electrons. The Morgan fingerprint density at radius 2 is 1.45 bits per heavy atom. The number of ether oxygens (including phenoxy) is 1. The lowest BCUT2D eigenvalue weighted by atomic mass is 9.98. The summed E-state index contributed by atoms with van der Waals surface area (Å²) in [5, 5.41) is 3.07. The Morgan fingerprint density at radius 3 is 2.00 bits per heavy atom. The number of methoxy groups -OCH3 is 1. The van der Waals surface area contributed by atoms with Crippen LogP contribution in [0.2, 0.25) is 0 Å². The second-order valence-corrected chi connectivity index (χ2v) is 9.99. The van der Waals surface area contributed by atoms with Gasteiger partial charge >= 0.3 is 0 Å². The van der Waals surface area contributed by atoms with Gasteiger partial charge in [-0.3, -0.25) is 4.79 Å². The van der Waals surface area contributed by atoms with E-state index >= 15 is 0 Å². The summed E-state index contributed by atoms with van der Waals surface area (Å²) in [5.74, 6) is -0.0785. The minimum absolute atomic E-state index is 0.103. The molecule has 0 spiro atoms. The van der Waals surface area contributed by atoms with Crippen LogP contribution in [-0.2, 0) is 10.0 Å². The van der Waals surface area contributed by atoms with Gasteiger partial charge in [0, 0.05) is 13.1 Å². The molecular formula is C26H28N2O4S. The molecule has 172 valence electrons. The number of carbonyl (C=O) groups excluding carboxylic acids is 1. The summed E-state index contributed by atoms with van der Waals surface area (Å²) in [4.78, 5) is 13.5. The van der Waals surface area contributed by atoms with Gasteiger partial charge in [-0.2, -0.15) is 4.31 Å². The van der Waals surface area contributed by atoms with Crippen molar-refractivity contribution in [1.82, 2.24) is 9.62 Å². The average molecular weight is 465 g/mol. The zero-order valence-electron chi connectivity index (χ0n) is 18.6.